The molecule has 0 aliphatic heterocycles. The van der Waals surface area contributed by atoms with Crippen LogP contribution in [-0.4, -0.2) is 4.98 Å². The molecule has 0 amide bonds. The Kier molecular flexibility index (Phi) is 1.99. The van der Waals surface area contributed by atoms with Gasteiger partial charge in [0.15, 0.2) is 0 Å². The van der Waals surface area contributed by atoms with E-state index in [1.54, 1.807) is 12.1 Å². The van der Waals surface area contributed by atoms with Gasteiger partial charge >= 0.3 is 0 Å². The molecule has 61 valence electrons. The Bertz CT molecular complexity index is 500. The molecule has 2 rings (SSSR count). The topological polar surface area (TPSA) is 36.7 Å². The largest absolute Gasteiger partial charge is 0.237 e. The van der Waals surface area contributed by atoms with Crippen LogP contribution in [0.3, 0.4) is 0 Å². The van der Waals surface area contributed by atoms with Gasteiger partial charge in [-0.15, -0.1) is 0 Å². The Labute approximate surface area is 84.0 Å². The number of benzene rings is 1. The first kappa shape index (κ1) is 8.21. The quantitative estimate of drug-likeness (QED) is 0.700. The third kappa shape index (κ3) is 1.53. The maximum Gasteiger partial charge on any atom is 0.141 e. The molecule has 1 aromatic heterocycles. The van der Waals surface area contributed by atoms with Gasteiger partial charge in [-0.05, 0) is 30.3 Å². The van der Waals surface area contributed by atoms with E-state index in [0.29, 0.717) is 5.69 Å². The van der Waals surface area contributed by atoms with Gasteiger partial charge in [0.25, 0.3) is 0 Å². The van der Waals surface area contributed by atoms with E-state index in [1.807, 2.05) is 18.2 Å². The Balaban J connectivity index is 2.75. The summed E-state index contributed by atoms with van der Waals surface area (Å²) in [5.74, 6) is 0. The summed E-state index contributed by atoms with van der Waals surface area (Å²) in [5.41, 5.74) is 1.23. The first-order valence-corrected chi connectivity index (χ1v) is 4.47. The number of pyridine rings is 1. The van der Waals surface area contributed by atoms with Crippen LogP contribution < -0.4 is 0 Å². The third-order valence-corrected chi connectivity index (χ3v) is 2.16. The maximum absolute atomic E-state index is 8.62. The van der Waals surface area contributed by atoms with Gasteiger partial charge in [0.1, 0.15) is 11.8 Å². The van der Waals surface area contributed by atoms with Crippen LogP contribution in [0.15, 0.2) is 28.7 Å². The Morgan fingerprint density at radius 3 is 3.08 bits per heavy atom. The number of hydrogen-bond donors (Lipinski definition) is 0. The number of nitrogens with zero attached hydrogens (tertiary/aromatic N) is 2. The number of aromatic nitrogens is 1. The van der Waals surface area contributed by atoms with E-state index >= 15 is 0 Å². The van der Waals surface area contributed by atoms with Gasteiger partial charge in [0, 0.05) is 9.86 Å². The molecule has 0 aliphatic carbocycles. The smallest absolute Gasteiger partial charge is 0.141 e. The molecule has 2 nitrogen and oxygen atoms in total. The highest BCUT2D eigenvalue weighted by Gasteiger charge is 1.97. The molecule has 1 radical (unpaired) electrons. The second kappa shape index (κ2) is 3.15. The molecule has 0 atom stereocenters. The highest BCUT2D eigenvalue weighted by atomic mass is 79.9. The van der Waals surface area contributed by atoms with Crippen molar-refractivity contribution in [2.75, 3.05) is 0 Å². The lowest BCUT2D eigenvalue weighted by Gasteiger charge is -1.96. The summed E-state index contributed by atoms with van der Waals surface area (Å²) >= 11 is 3.32. The van der Waals surface area contributed by atoms with Crippen LogP contribution >= 0.6 is 15.9 Å². The highest BCUT2D eigenvalue weighted by Crippen LogP contribution is 2.17. The van der Waals surface area contributed by atoms with Gasteiger partial charge in [0.2, 0.25) is 0 Å². The SMILES string of the molecule is N#Cc1ccc2cc(Br)[c]cc2n1. The van der Waals surface area contributed by atoms with Gasteiger partial charge in [-0.25, -0.2) is 4.98 Å². The molecule has 2 aromatic rings. The van der Waals surface area contributed by atoms with Gasteiger partial charge in [0.05, 0.1) is 5.52 Å². The number of fused-ring (bicyclic) bond motifs is 1. The van der Waals surface area contributed by atoms with Crippen LogP contribution in [0.1, 0.15) is 5.69 Å². The molecular weight excluding hydrogens is 228 g/mol. The van der Waals surface area contributed by atoms with Crippen molar-refractivity contribution in [2.45, 2.75) is 0 Å². The fourth-order valence-electron chi connectivity index (χ4n) is 1.10. The molecule has 0 unspecified atom stereocenters. The number of nitriles is 1. The monoisotopic (exact) mass is 231 g/mol. The number of halogens is 1. The number of rotatable bonds is 0. The minimum Gasteiger partial charge on any atom is -0.237 e. The highest BCUT2D eigenvalue weighted by molar-refractivity contribution is 9.10. The second-order valence-corrected chi connectivity index (χ2v) is 3.42. The molecule has 13 heavy (non-hydrogen) atoms. The Morgan fingerprint density at radius 2 is 2.31 bits per heavy atom. The zero-order chi connectivity index (χ0) is 9.26. The van der Waals surface area contributed by atoms with E-state index in [0.717, 1.165) is 15.4 Å². The predicted molar refractivity (Wildman–Crippen MR) is 53.0 cm³/mol. The summed E-state index contributed by atoms with van der Waals surface area (Å²) in [5, 5.41) is 9.62. The zero-order valence-corrected chi connectivity index (χ0v) is 8.17. The fourth-order valence-corrected chi connectivity index (χ4v) is 1.46. The van der Waals surface area contributed by atoms with Crippen LogP contribution in [0.5, 0.6) is 0 Å². The van der Waals surface area contributed by atoms with Crippen molar-refractivity contribution < 1.29 is 0 Å². The molecule has 0 spiro atoms. The molecule has 0 bridgehead atoms. The van der Waals surface area contributed by atoms with Crippen molar-refractivity contribution in [2.24, 2.45) is 0 Å². The summed E-state index contributed by atoms with van der Waals surface area (Å²) in [6.07, 6.45) is 0. The van der Waals surface area contributed by atoms with Crippen molar-refractivity contribution in [3.05, 3.63) is 40.5 Å². The van der Waals surface area contributed by atoms with E-state index in [2.05, 4.69) is 27.0 Å². The van der Waals surface area contributed by atoms with Gasteiger partial charge in [-0.2, -0.15) is 5.26 Å². The van der Waals surface area contributed by atoms with E-state index in [1.165, 1.54) is 0 Å². The lowest BCUT2D eigenvalue weighted by atomic mass is 10.2. The summed E-state index contributed by atoms with van der Waals surface area (Å²) in [7, 11) is 0. The molecule has 0 N–H and O–H groups in total. The van der Waals surface area contributed by atoms with E-state index < -0.39 is 0 Å². The fraction of sp³-hybridized carbons (Fsp3) is 0. The van der Waals surface area contributed by atoms with Gasteiger partial charge < -0.3 is 0 Å². The molecule has 0 saturated heterocycles. The molecule has 3 heteroatoms. The van der Waals surface area contributed by atoms with Crippen molar-refractivity contribution >= 4 is 26.8 Å². The van der Waals surface area contributed by atoms with E-state index in [4.69, 9.17) is 5.26 Å². The summed E-state index contributed by atoms with van der Waals surface area (Å²) in [6.45, 7) is 0. The van der Waals surface area contributed by atoms with Crippen LogP contribution in [0.2, 0.25) is 0 Å². The molecule has 1 heterocycles. The summed E-state index contributed by atoms with van der Waals surface area (Å²) in [4.78, 5) is 4.12. The van der Waals surface area contributed by atoms with E-state index in [-0.39, 0.29) is 0 Å². The molecule has 0 fully saturated rings. The summed E-state index contributed by atoms with van der Waals surface area (Å²) < 4.78 is 0.895. The van der Waals surface area contributed by atoms with Crippen LogP contribution in [0, 0.1) is 17.4 Å². The molecule has 0 saturated carbocycles. The number of hydrogen-bond acceptors (Lipinski definition) is 2. The second-order valence-electron chi connectivity index (χ2n) is 2.56. The Hall–Kier alpha value is -1.40. The lowest BCUT2D eigenvalue weighted by Crippen LogP contribution is -1.83. The minimum atomic E-state index is 0.434. The standard InChI is InChI=1S/C10H4BrN2/c11-8-2-4-10-7(5-8)1-3-9(6-12)13-10/h1,3-5H. The van der Waals surface area contributed by atoms with E-state index in [9.17, 15) is 0 Å². The van der Waals surface area contributed by atoms with Crippen molar-refractivity contribution in [3.63, 3.8) is 0 Å². The van der Waals surface area contributed by atoms with Crippen molar-refractivity contribution in [3.8, 4) is 6.07 Å². The molecule has 0 aliphatic rings. The van der Waals surface area contributed by atoms with Gasteiger partial charge in [-0.1, -0.05) is 15.9 Å². The zero-order valence-electron chi connectivity index (χ0n) is 6.58. The van der Waals surface area contributed by atoms with Crippen molar-refractivity contribution in [1.29, 1.82) is 5.26 Å². The summed E-state index contributed by atoms with van der Waals surface area (Å²) in [6, 6.07) is 12.2. The van der Waals surface area contributed by atoms with Crippen LogP contribution in [-0.2, 0) is 0 Å². The average Bonchev–Trinajstić information content (AvgIpc) is 2.17. The third-order valence-electron chi connectivity index (χ3n) is 1.70. The first-order chi connectivity index (χ1) is 6.29. The predicted octanol–water partition coefficient (Wildman–Crippen LogP) is 2.67. The molecule has 1 aromatic carbocycles. The van der Waals surface area contributed by atoms with Crippen LogP contribution in [0.25, 0.3) is 10.9 Å². The normalized spacial score (nSPS) is 9.85. The first-order valence-electron chi connectivity index (χ1n) is 3.68. The Morgan fingerprint density at radius 1 is 1.46 bits per heavy atom. The average molecular weight is 232 g/mol. The minimum absolute atomic E-state index is 0.434. The van der Waals surface area contributed by atoms with Crippen molar-refractivity contribution in [1.82, 2.24) is 4.98 Å². The van der Waals surface area contributed by atoms with Gasteiger partial charge in [-0.3, -0.25) is 0 Å². The lowest BCUT2D eigenvalue weighted by molar-refractivity contribution is 1.32. The van der Waals surface area contributed by atoms with Crippen LogP contribution in [0.4, 0.5) is 0 Å². The maximum atomic E-state index is 8.62. The molecular formula is C10H4BrN2.